The maximum absolute atomic E-state index is 11.3. The first-order valence-electron chi connectivity index (χ1n) is 5.11. The molecule has 6 nitrogen and oxygen atoms in total. The zero-order valence-electron chi connectivity index (χ0n) is 8.68. The molecule has 0 atom stereocenters. The average Bonchev–Trinajstić information content (AvgIpc) is 3.01. The predicted octanol–water partition coefficient (Wildman–Crippen LogP) is 0.611. The lowest BCUT2D eigenvalue weighted by Crippen LogP contribution is -2.14. The van der Waals surface area contributed by atoms with Gasteiger partial charge >= 0.3 is 6.01 Å². The molecule has 0 bridgehead atoms. The van der Waals surface area contributed by atoms with Crippen molar-refractivity contribution in [3.05, 3.63) is 5.89 Å². The Bertz CT molecular complexity index is 365. The van der Waals surface area contributed by atoms with Gasteiger partial charge in [0.1, 0.15) is 0 Å². The summed E-state index contributed by atoms with van der Waals surface area (Å²) in [5, 5.41) is 18.7. The number of thioether (sulfide) groups is 1. The predicted molar refractivity (Wildman–Crippen MR) is 59.3 cm³/mol. The van der Waals surface area contributed by atoms with Gasteiger partial charge in [0.2, 0.25) is 11.8 Å². The average molecular weight is 243 g/mol. The van der Waals surface area contributed by atoms with E-state index in [-0.39, 0.29) is 24.3 Å². The third-order valence-electron chi connectivity index (χ3n) is 2.08. The number of amides is 1. The van der Waals surface area contributed by atoms with Gasteiger partial charge in [-0.15, -0.1) is 16.9 Å². The second kappa shape index (κ2) is 5.31. The molecule has 7 heteroatoms. The van der Waals surface area contributed by atoms with Gasteiger partial charge in [-0.2, -0.15) is 0 Å². The lowest BCUT2D eigenvalue weighted by atomic mass is 10.4. The fraction of sp³-hybridized carbons (Fsp3) is 0.667. The molecule has 88 valence electrons. The molecule has 1 aliphatic carbocycles. The van der Waals surface area contributed by atoms with Gasteiger partial charge in [0, 0.05) is 11.7 Å². The highest BCUT2D eigenvalue weighted by atomic mass is 32.2. The molecule has 1 aromatic heterocycles. The van der Waals surface area contributed by atoms with Crippen LogP contribution in [-0.2, 0) is 4.79 Å². The van der Waals surface area contributed by atoms with Crippen LogP contribution < -0.4 is 5.32 Å². The van der Waals surface area contributed by atoms with Crippen molar-refractivity contribution < 1.29 is 14.3 Å². The Kier molecular flexibility index (Phi) is 3.79. The minimum Gasteiger partial charge on any atom is -0.408 e. The third kappa shape index (κ3) is 3.21. The van der Waals surface area contributed by atoms with Crippen LogP contribution in [0.15, 0.2) is 4.42 Å². The number of aliphatic hydroxyl groups is 1. The van der Waals surface area contributed by atoms with Crippen molar-refractivity contribution >= 4 is 23.7 Å². The molecule has 1 aromatic rings. The summed E-state index contributed by atoms with van der Waals surface area (Å²) in [6.07, 6.45) is 2.17. The maximum Gasteiger partial charge on any atom is 0.322 e. The normalized spacial score (nSPS) is 15.1. The standard InChI is InChI=1S/C9H13N3O3S/c13-3-4-16-5-7(14)10-9-12-11-8(15-9)6-1-2-6/h6,13H,1-5H2,(H,10,12,14). The lowest BCUT2D eigenvalue weighted by molar-refractivity contribution is -0.113. The van der Waals surface area contributed by atoms with Crippen LogP contribution in [0.5, 0.6) is 0 Å². The number of nitrogens with zero attached hydrogens (tertiary/aromatic N) is 2. The van der Waals surface area contributed by atoms with Crippen LogP contribution in [-0.4, -0.2) is 39.3 Å². The van der Waals surface area contributed by atoms with Crippen LogP contribution in [0.2, 0.25) is 0 Å². The number of carbonyl (C=O) groups is 1. The zero-order valence-corrected chi connectivity index (χ0v) is 9.50. The van der Waals surface area contributed by atoms with Gasteiger partial charge in [-0.1, -0.05) is 5.10 Å². The lowest BCUT2D eigenvalue weighted by Gasteiger charge is -1.98. The first-order chi connectivity index (χ1) is 7.79. The van der Waals surface area contributed by atoms with Crippen molar-refractivity contribution in [2.75, 3.05) is 23.4 Å². The number of carbonyl (C=O) groups excluding carboxylic acids is 1. The topological polar surface area (TPSA) is 88.2 Å². The summed E-state index contributed by atoms with van der Waals surface area (Å²) in [6.45, 7) is 0.0737. The van der Waals surface area contributed by atoms with Crippen molar-refractivity contribution in [3.63, 3.8) is 0 Å². The van der Waals surface area contributed by atoms with Gasteiger partial charge in [0.25, 0.3) is 0 Å². The Hall–Kier alpha value is -1.08. The van der Waals surface area contributed by atoms with Crippen LogP contribution in [0.1, 0.15) is 24.7 Å². The van der Waals surface area contributed by atoms with E-state index in [4.69, 9.17) is 9.52 Å². The third-order valence-corrected chi connectivity index (χ3v) is 3.02. The molecule has 0 aliphatic heterocycles. The van der Waals surface area contributed by atoms with E-state index in [1.54, 1.807) is 0 Å². The molecular weight excluding hydrogens is 230 g/mol. The van der Waals surface area contributed by atoms with E-state index in [2.05, 4.69) is 15.5 Å². The van der Waals surface area contributed by atoms with Crippen molar-refractivity contribution in [1.29, 1.82) is 0 Å². The van der Waals surface area contributed by atoms with Crippen LogP contribution in [0.25, 0.3) is 0 Å². The van der Waals surface area contributed by atoms with Crippen LogP contribution in [0, 0.1) is 0 Å². The highest BCUT2D eigenvalue weighted by molar-refractivity contribution is 7.99. The molecule has 0 unspecified atom stereocenters. The van der Waals surface area contributed by atoms with Crippen molar-refractivity contribution in [2.45, 2.75) is 18.8 Å². The smallest absolute Gasteiger partial charge is 0.322 e. The summed E-state index contributed by atoms with van der Waals surface area (Å²) in [7, 11) is 0. The number of nitrogens with one attached hydrogen (secondary N) is 1. The van der Waals surface area contributed by atoms with Crippen molar-refractivity contribution in [2.24, 2.45) is 0 Å². The summed E-state index contributed by atoms with van der Waals surface area (Å²) in [5.74, 6) is 1.64. The highest BCUT2D eigenvalue weighted by Crippen LogP contribution is 2.39. The van der Waals surface area contributed by atoms with E-state index in [9.17, 15) is 4.79 Å². The molecule has 1 amide bonds. The molecule has 1 saturated carbocycles. The molecule has 0 saturated heterocycles. The fourth-order valence-electron chi connectivity index (χ4n) is 1.17. The van der Waals surface area contributed by atoms with Crippen molar-refractivity contribution in [1.82, 2.24) is 10.2 Å². The number of anilines is 1. The van der Waals surface area contributed by atoms with Crippen molar-refractivity contribution in [3.8, 4) is 0 Å². The monoisotopic (exact) mass is 243 g/mol. The Morgan fingerprint density at radius 1 is 1.56 bits per heavy atom. The van der Waals surface area contributed by atoms with E-state index >= 15 is 0 Å². The molecule has 2 N–H and O–H groups in total. The summed E-state index contributed by atoms with van der Waals surface area (Å²) in [4.78, 5) is 11.3. The number of rotatable bonds is 6. The molecule has 1 aliphatic rings. The quantitative estimate of drug-likeness (QED) is 0.712. The summed E-state index contributed by atoms with van der Waals surface area (Å²) in [6, 6.07) is 0.163. The zero-order chi connectivity index (χ0) is 11.4. The van der Waals surface area contributed by atoms with Gasteiger partial charge in [0.05, 0.1) is 12.4 Å². The summed E-state index contributed by atoms with van der Waals surface area (Å²) in [5.41, 5.74) is 0. The van der Waals surface area contributed by atoms with Gasteiger partial charge in [-0.05, 0) is 12.8 Å². The second-order valence-corrected chi connectivity index (χ2v) is 4.65. The van der Waals surface area contributed by atoms with Crippen LogP contribution in [0.3, 0.4) is 0 Å². The van der Waals surface area contributed by atoms with Crippen LogP contribution in [0.4, 0.5) is 6.01 Å². The number of aliphatic hydroxyl groups excluding tert-OH is 1. The first kappa shape index (κ1) is 11.4. The van der Waals surface area contributed by atoms with Crippen LogP contribution >= 0.6 is 11.8 Å². The Morgan fingerprint density at radius 3 is 3.06 bits per heavy atom. The van der Waals surface area contributed by atoms with E-state index in [1.165, 1.54) is 11.8 Å². The maximum atomic E-state index is 11.3. The van der Waals surface area contributed by atoms with Gasteiger partial charge in [-0.25, -0.2) is 0 Å². The highest BCUT2D eigenvalue weighted by Gasteiger charge is 2.29. The summed E-state index contributed by atoms with van der Waals surface area (Å²) >= 11 is 1.35. The second-order valence-electron chi connectivity index (χ2n) is 3.54. The molecule has 0 aromatic carbocycles. The number of hydrogen-bond acceptors (Lipinski definition) is 6. The molecule has 2 rings (SSSR count). The van der Waals surface area contributed by atoms with Gasteiger partial charge < -0.3 is 9.52 Å². The molecule has 0 radical (unpaired) electrons. The molecule has 1 fully saturated rings. The number of hydrogen-bond donors (Lipinski definition) is 2. The Balaban J connectivity index is 1.76. The van der Waals surface area contributed by atoms with E-state index in [0.29, 0.717) is 17.6 Å². The number of aromatic nitrogens is 2. The Morgan fingerprint density at radius 2 is 2.38 bits per heavy atom. The largest absolute Gasteiger partial charge is 0.408 e. The van der Waals surface area contributed by atoms with E-state index < -0.39 is 0 Å². The minimum atomic E-state index is -0.190. The van der Waals surface area contributed by atoms with E-state index in [1.807, 2.05) is 0 Å². The summed E-state index contributed by atoms with van der Waals surface area (Å²) < 4.78 is 5.27. The Labute approximate surface area is 96.8 Å². The fourth-order valence-corrected chi connectivity index (χ4v) is 1.70. The van der Waals surface area contributed by atoms with E-state index in [0.717, 1.165) is 12.8 Å². The SMILES string of the molecule is O=C(CSCCO)Nc1nnc(C2CC2)o1. The first-order valence-corrected chi connectivity index (χ1v) is 6.27. The molecular formula is C9H13N3O3S. The molecule has 16 heavy (non-hydrogen) atoms. The molecule has 1 heterocycles. The molecule has 0 spiro atoms. The van der Waals surface area contributed by atoms with Gasteiger partial charge in [0.15, 0.2) is 0 Å². The van der Waals surface area contributed by atoms with Gasteiger partial charge in [-0.3, -0.25) is 10.1 Å². The minimum absolute atomic E-state index is 0.0737.